The number of carbonyl (C=O) groups is 1. The molecule has 0 aliphatic heterocycles. The zero-order valence-electron chi connectivity index (χ0n) is 9.32. The van der Waals surface area contributed by atoms with E-state index in [0.29, 0.717) is 23.7 Å². The average molecular weight is 238 g/mol. The summed E-state index contributed by atoms with van der Waals surface area (Å²) in [4.78, 5) is 15.5. The molecule has 0 spiro atoms. The fourth-order valence-electron chi connectivity index (χ4n) is 1.15. The van der Waals surface area contributed by atoms with Crippen molar-refractivity contribution in [3.05, 3.63) is 11.2 Å². The Kier molecular flexibility index (Phi) is 4.80. The molecule has 86 valence electrons. The topological polar surface area (TPSA) is 51.2 Å². The lowest BCUT2D eigenvalue weighted by molar-refractivity contribution is 0.0521. The summed E-state index contributed by atoms with van der Waals surface area (Å²) >= 11 is 1.37. The molecular formula is C11H14N2O2S. The summed E-state index contributed by atoms with van der Waals surface area (Å²) in [6, 6.07) is 0.110. The number of aromatic nitrogens is 1. The van der Waals surface area contributed by atoms with E-state index in [-0.39, 0.29) is 6.04 Å². The van der Waals surface area contributed by atoms with E-state index >= 15 is 0 Å². The molecule has 0 aromatic carbocycles. The molecule has 1 aromatic heterocycles. The first-order valence-corrected chi connectivity index (χ1v) is 5.87. The van der Waals surface area contributed by atoms with E-state index < -0.39 is 5.97 Å². The van der Waals surface area contributed by atoms with Gasteiger partial charge in [-0.1, -0.05) is 0 Å². The van der Waals surface area contributed by atoms with Gasteiger partial charge in [-0.3, -0.25) is 0 Å². The highest BCUT2D eigenvalue weighted by atomic mass is 32.1. The van der Waals surface area contributed by atoms with E-state index in [2.05, 4.69) is 16.2 Å². The van der Waals surface area contributed by atoms with Crippen LogP contribution in [0.2, 0.25) is 0 Å². The van der Waals surface area contributed by atoms with Crippen molar-refractivity contribution in [1.29, 1.82) is 0 Å². The lowest BCUT2D eigenvalue weighted by Gasteiger charge is -2.11. The van der Waals surface area contributed by atoms with Gasteiger partial charge >= 0.3 is 5.97 Å². The predicted molar refractivity (Wildman–Crippen MR) is 64.6 cm³/mol. The van der Waals surface area contributed by atoms with Gasteiger partial charge in [0, 0.05) is 12.5 Å². The minimum absolute atomic E-state index is 0.110. The zero-order chi connectivity index (χ0) is 12.0. The molecule has 0 amide bonds. The smallest absolute Gasteiger partial charge is 0.360 e. The van der Waals surface area contributed by atoms with E-state index in [0.717, 1.165) is 0 Å². The fraction of sp³-hybridized carbons (Fsp3) is 0.455. The number of esters is 1. The monoisotopic (exact) mass is 238 g/mol. The molecule has 1 heterocycles. The molecule has 0 fully saturated rings. The third-order valence-corrected chi connectivity index (χ3v) is 2.60. The number of rotatable bonds is 5. The van der Waals surface area contributed by atoms with Crippen LogP contribution in [-0.4, -0.2) is 23.6 Å². The quantitative estimate of drug-likeness (QED) is 0.630. The Morgan fingerprint density at radius 3 is 3.19 bits per heavy atom. The number of terminal acetylenes is 1. The molecule has 5 heteroatoms. The van der Waals surface area contributed by atoms with Crippen molar-refractivity contribution in [2.24, 2.45) is 0 Å². The summed E-state index contributed by atoms with van der Waals surface area (Å²) in [5.41, 5.74) is 1.94. The van der Waals surface area contributed by atoms with Crippen LogP contribution >= 0.6 is 11.3 Å². The van der Waals surface area contributed by atoms with Crippen LogP contribution in [0.5, 0.6) is 0 Å². The van der Waals surface area contributed by atoms with Crippen molar-refractivity contribution in [2.75, 3.05) is 11.9 Å². The first-order chi connectivity index (χ1) is 7.69. The van der Waals surface area contributed by atoms with Crippen molar-refractivity contribution in [1.82, 2.24) is 4.98 Å². The Bertz CT molecular complexity index is 395. The van der Waals surface area contributed by atoms with Crippen LogP contribution in [0.3, 0.4) is 0 Å². The summed E-state index contributed by atoms with van der Waals surface area (Å²) in [5.74, 6) is 2.16. The third-order valence-electron chi connectivity index (χ3n) is 1.84. The maximum absolute atomic E-state index is 11.5. The summed E-state index contributed by atoms with van der Waals surface area (Å²) in [5, 5.41) is 3.85. The largest absolute Gasteiger partial charge is 0.461 e. The molecule has 0 radical (unpaired) electrons. The highest BCUT2D eigenvalue weighted by Crippen LogP contribution is 2.22. The minimum Gasteiger partial charge on any atom is -0.461 e. The van der Waals surface area contributed by atoms with Crippen LogP contribution in [-0.2, 0) is 4.74 Å². The maximum Gasteiger partial charge on any atom is 0.360 e. The van der Waals surface area contributed by atoms with Crippen molar-refractivity contribution in [3.8, 4) is 12.3 Å². The van der Waals surface area contributed by atoms with Crippen LogP contribution in [0.25, 0.3) is 0 Å². The van der Waals surface area contributed by atoms with Gasteiger partial charge < -0.3 is 10.1 Å². The number of nitrogens with one attached hydrogen (secondary N) is 1. The number of anilines is 1. The Balaban J connectivity index is 2.71. The average Bonchev–Trinajstić information content (AvgIpc) is 2.66. The van der Waals surface area contributed by atoms with Crippen LogP contribution in [0.4, 0.5) is 5.00 Å². The Labute approximate surface area is 99.0 Å². The van der Waals surface area contributed by atoms with Gasteiger partial charge in [-0.15, -0.1) is 23.7 Å². The first kappa shape index (κ1) is 12.5. The molecular weight excluding hydrogens is 224 g/mol. The van der Waals surface area contributed by atoms with Gasteiger partial charge in [-0.05, 0) is 13.8 Å². The Morgan fingerprint density at radius 2 is 2.56 bits per heavy atom. The number of hydrogen-bond donors (Lipinski definition) is 1. The number of carbonyl (C=O) groups excluding carboxylic acids is 1. The van der Waals surface area contributed by atoms with Crippen molar-refractivity contribution in [3.63, 3.8) is 0 Å². The van der Waals surface area contributed by atoms with E-state index in [1.54, 1.807) is 12.4 Å². The SMILES string of the molecule is C#CCC(C)Nc1scnc1C(=O)OCC. The summed E-state index contributed by atoms with van der Waals surface area (Å²) in [6.45, 7) is 4.06. The third kappa shape index (κ3) is 3.24. The highest BCUT2D eigenvalue weighted by Gasteiger charge is 2.16. The molecule has 1 rings (SSSR count). The first-order valence-electron chi connectivity index (χ1n) is 4.99. The van der Waals surface area contributed by atoms with Gasteiger partial charge in [0.15, 0.2) is 5.69 Å². The van der Waals surface area contributed by atoms with Crippen LogP contribution in [0.1, 0.15) is 30.8 Å². The number of nitrogens with zero attached hydrogens (tertiary/aromatic N) is 1. The van der Waals surface area contributed by atoms with Gasteiger partial charge in [0.1, 0.15) is 5.00 Å². The van der Waals surface area contributed by atoms with Crippen LogP contribution in [0.15, 0.2) is 5.51 Å². The van der Waals surface area contributed by atoms with Crippen molar-refractivity contribution < 1.29 is 9.53 Å². The molecule has 0 aliphatic carbocycles. The molecule has 16 heavy (non-hydrogen) atoms. The van der Waals surface area contributed by atoms with Gasteiger partial charge in [0.25, 0.3) is 0 Å². The van der Waals surface area contributed by atoms with Gasteiger partial charge in [-0.25, -0.2) is 9.78 Å². The van der Waals surface area contributed by atoms with Crippen LogP contribution < -0.4 is 5.32 Å². The van der Waals surface area contributed by atoms with E-state index in [1.807, 2.05) is 6.92 Å². The van der Waals surface area contributed by atoms with Gasteiger partial charge in [-0.2, -0.15) is 0 Å². The normalized spacial score (nSPS) is 11.6. The molecule has 4 nitrogen and oxygen atoms in total. The van der Waals surface area contributed by atoms with Gasteiger partial charge in [0.05, 0.1) is 12.1 Å². The summed E-state index contributed by atoms with van der Waals surface area (Å²) in [7, 11) is 0. The summed E-state index contributed by atoms with van der Waals surface area (Å²) in [6.07, 6.45) is 5.81. The molecule has 0 saturated heterocycles. The second-order valence-corrected chi connectivity index (χ2v) is 4.06. The molecule has 0 saturated carbocycles. The van der Waals surface area contributed by atoms with Crippen molar-refractivity contribution >= 4 is 22.3 Å². The highest BCUT2D eigenvalue weighted by molar-refractivity contribution is 7.14. The summed E-state index contributed by atoms with van der Waals surface area (Å²) < 4.78 is 4.89. The van der Waals surface area contributed by atoms with Crippen LogP contribution in [0, 0.1) is 12.3 Å². The van der Waals surface area contributed by atoms with Gasteiger partial charge in [0.2, 0.25) is 0 Å². The predicted octanol–water partition coefficient (Wildman–Crippen LogP) is 2.14. The van der Waals surface area contributed by atoms with E-state index in [9.17, 15) is 4.79 Å². The molecule has 1 atom stereocenters. The lowest BCUT2D eigenvalue weighted by Crippen LogP contribution is -2.16. The number of hydrogen-bond acceptors (Lipinski definition) is 5. The molecule has 0 bridgehead atoms. The number of ether oxygens (including phenoxy) is 1. The molecule has 1 aromatic rings. The molecule has 1 unspecified atom stereocenters. The fourth-order valence-corrected chi connectivity index (χ4v) is 1.93. The standard InChI is InChI=1S/C11H14N2O2S/c1-4-6-8(3)13-10-9(12-7-16-10)11(14)15-5-2/h1,7-8,13H,5-6H2,2-3H3. The van der Waals surface area contributed by atoms with Crippen molar-refractivity contribution in [2.45, 2.75) is 26.3 Å². The lowest BCUT2D eigenvalue weighted by atomic mass is 10.2. The minimum atomic E-state index is -0.404. The maximum atomic E-state index is 11.5. The Hall–Kier alpha value is -1.54. The molecule has 1 N–H and O–H groups in total. The zero-order valence-corrected chi connectivity index (χ0v) is 10.1. The second kappa shape index (κ2) is 6.13. The molecule has 0 aliphatic rings. The van der Waals surface area contributed by atoms with E-state index in [1.165, 1.54) is 11.3 Å². The van der Waals surface area contributed by atoms with E-state index in [4.69, 9.17) is 11.2 Å². The Morgan fingerprint density at radius 1 is 1.81 bits per heavy atom. The second-order valence-electron chi connectivity index (χ2n) is 3.20. The number of thiazole rings is 1.